The molecule has 0 saturated heterocycles. The quantitative estimate of drug-likeness (QED) is 0.521. The minimum atomic E-state index is -0.542. The topological polar surface area (TPSA) is 90.1 Å². The minimum absolute atomic E-state index is 0.0507. The third-order valence-corrected chi connectivity index (χ3v) is 5.33. The standard InChI is InChI=1S/C21H19FN4O3/c22-16-8-6-15(7-9-16)21(11-1-2-12-21)23-20(27)19-10-13-25(24-19)17-4-3-5-18(14-17)26(28)29/h3-10,13-14H,1-2,11-12H2,(H,23,27). The summed E-state index contributed by atoms with van der Waals surface area (Å²) in [6.45, 7) is 0. The lowest BCUT2D eigenvalue weighted by Gasteiger charge is -2.30. The van der Waals surface area contributed by atoms with E-state index < -0.39 is 10.5 Å². The molecule has 3 aromatic rings. The molecule has 1 aromatic heterocycles. The van der Waals surface area contributed by atoms with Crippen molar-refractivity contribution in [3.05, 3.63) is 88.0 Å². The summed E-state index contributed by atoms with van der Waals surface area (Å²) in [5, 5.41) is 18.3. The first kappa shape index (κ1) is 18.8. The molecule has 29 heavy (non-hydrogen) atoms. The number of nitro groups is 1. The predicted molar refractivity (Wildman–Crippen MR) is 104 cm³/mol. The van der Waals surface area contributed by atoms with Gasteiger partial charge in [0.05, 0.1) is 16.1 Å². The zero-order valence-electron chi connectivity index (χ0n) is 15.5. The SMILES string of the molecule is O=C(NC1(c2ccc(F)cc2)CCCC1)c1ccn(-c2cccc([N+](=O)[O-])c2)n1. The maximum atomic E-state index is 13.3. The fourth-order valence-corrected chi connectivity index (χ4v) is 3.85. The van der Waals surface area contributed by atoms with Crippen LogP contribution in [0.5, 0.6) is 0 Å². The Morgan fingerprint density at radius 1 is 1.14 bits per heavy atom. The Morgan fingerprint density at radius 2 is 1.86 bits per heavy atom. The molecule has 4 rings (SSSR count). The van der Waals surface area contributed by atoms with Crippen molar-refractivity contribution in [3.63, 3.8) is 0 Å². The summed E-state index contributed by atoms with van der Waals surface area (Å²) in [5.74, 6) is -0.649. The van der Waals surface area contributed by atoms with E-state index in [1.54, 1.807) is 36.5 Å². The van der Waals surface area contributed by atoms with Gasteiger partial charge in [-0.05, 0) is 42.7 Å². The van der Waals surface area contributed by atoms with Crippen molar-refractivity contribution in [2.24, 2.45) is 0 Å². The van der Waals surface area contributed by atoms with Crippen LogP contribution in [0.2, 0.25) is 0 Å². The first-order chi connectivity index (χ1) is 14.0. The average Bonchev–Trinajstić information content (AvgIpc) is 3.39. The second-order valence-electron chi connectivity index (χ2n) is 7.17. The van der Waals surface area contributed by atoms with Gasteiger partial charge in [-0.2, -0.15) is 5.10 Å². The molecule has 1 aliphatic rings. The minimum Gasteiger partial charge on any atom is -0.341 e. The molecule has 1 N–H and O–H groups in total. The van der Waals surface area contributed by atoms with Crippen LogP contribution in [0.4, 0.5) is 10.1 Å². The molecule has 0 aliphatic heterocycles. The molecule has 0 unspecified atom stereocenters. The maximum Gasteiger partial charge on any atom is 0.272 e. The number of nitrogens with zero attached hydrogens (tertiary/aromatic N) is 3. The molecule has 2 aromatic carbocycles. The Balaban J connectivity index is 1.58. The van der Waals surface area contributed by atoms with Gasteiger partial charge in [0, 0.05) is 18.3 Å². The summed E-state index contributed by atoms with van der Waals surface area (Å²) in [4.78, 5) is 23.4. The van der Waals surface area contributed by atoms with Gasteiger partial charge in [0.2, 0.25) is 0 Å². The lowest BCUT2D eigenvalue weighted by molar-refractivity contribution is -0.384. The van der Waals surface area contributed by atoms with E-state index in [0.717, 1.165) is 31.2 Å². The van der Waals surface area contributed by atoms with Crippen LogP contribution >= 0.6 is 0 Å². The van der Waals surface area contributed by atoms with Gasteiger partial charge < -0.3 is 5.32 Å². The number of non-ortho nitro benzene ring substituents is 1. The first-order valence-corrected chi connectivity index (χ1v) is 9.36. The number of amides is 1. The summed E-state index contributed by atoms with van der Waals surface area (Å²) < 4.78 is 14.8. The van der Waals surface area contributed by atoms with Gasteiger partial charge in [0.25, 0.3) is 11.6 Å². The Hall–Kier alpha value is -3.55. The predicted octanol–water partition coefficient (Wildman–Crippen LogP) is 4.12. The van der Waals surface area contributed by atoms with Crippen LogP contribution < -0.4 is 5.32 Å². The molecule has 148 valence electrons. The van der Waals surface area contributed by atoms with Gasteiger partial charge >= 0.3 is 0 Å². The monoisotopic (exact) mass is 394 g/mol. The molecule has 7 nitrogen and oxygen atoms in total. The summed E-state index contributed by atoms with van der Waals surface area (Å²) in [6, 6.07) is 13.8. The van der Waals surface area contributed by atoms with E-state index in [1.165, 1.54) is 28.9 Å². The molecule has 1 saturated carbocycles. The van der Waals surface area contributed by atoms with Crippen LogP contribution in [0.25, 0.3) is 5.69 Å². The van der Waals surface area contributed by atoms with E-state index in [0.29, 0.717) is 5.69 Å². The van der Waals surface area contributed by atoms with Gasteiger partial charge in [-0.1, -0.05) is 31.0 Å². The van der Waals surface area contributed by atoms with Gasteiger partial charge in [0.1, 0.15) is 5.82 Å². The van der Waals surface area contributed by atoms with E-state index >= 15 is 0 Å². The zero-order valence-corrected chi connectivity index (χ0v) is 15.5. The number of carbonyl (C=O) groups excluding carboxylic acids is 1. The molecule has 1 fully saturated rings. The Labute approximate surface area is 166 Å². The lowest BCUT2D eigenvalue weighted by atomic mass is 9.88. The summed E-state index contributed by atoms with van der Waals surface area (Å²) in [7, 11) is 0. The number of hydrogen-bond donors (Lipinski definition) is 1. The van der Waals surface area contributed by atoms with Gasteiger partial charge in [-0.15, -0.1) is 0 Å². The van der Waals surface area contributed by atoms with E-state index in [9.17, 15) is 19.3 Å². The van der Waals surface area contributed by atoms with Crippen molar-refractivity contribution in [2.45, 2.75) is 31.2 Å². The number of nitrogens with one attached hydrogen (secondary N) is 1. The van der Waals surface area contributed by atoms with Crippen molar-refractivity contribution in [1.29, 1.82) is 0 Å². The van der Waals surface area contributed by atoms with E-state index in [-0.39, 0.29) is 23.1 Å². The molecule has 1 amide bonds. The highest BCUT2D eigenvalue weighted by atomic mass is 19.1. The average molecular weight is 394 g/mol. The van der Waals surface area contributed by atoms with E-state index in [2.05, 4.69) is 10.4 Å². The van der Waals surface area contributed by atoms with Gasteiger partial charge in [0.15, 0.2) is 5.69 Å². The fourth-order valence-electron chi connectivity index (χ4n) is 3.85. The highest BCUT2D eigenvalue weighted by Crippen LogP contribution is 2.39. The molecule has 8 heteroatoms. The number of hydrogen-bond acceptors (Lipinski definition) is 4. The smallest absolute Gasteiger partial charge is 0.272 e. The Morgan fingerprint density at radius 3 is 2.55 bits per heavy atom. The normalized spacial score (nSPS) is 15.2. The molecule has 0 radical (unpaired) electrons. The summed E-state index contributed by atoms with van der Waals surface area (Å²) in [5.41, 5.74) is 0.991. The largest absolute Gasteiger partial charge is 0.341 e. The van der Waals surface area contributed by atoms with Crippen LogP contribution in [-0.2, 0) is 5.54 Å². The number of aromatic nitrogens is 2. The van der Waals surface area contributed by atoms with Crippen molar-refractivity contribution < 1.29 is 14.1 Å². The second-order valence-corrected chi connectivity index (χ2v) is 7.17. The van der Waals surface area contributed by atoms with Crippen molar-refractivity contribution in [2.75, 3.05) is 0 Å². The number of nitro benzene ring substituents is 1. The van der Waals surface area contributed by atoms with Crippen LogP contribution in [0.15, 0.2) is 60.8 Å². The molecule has 1 aliphatic carbocycles. The van der Waals surface area contributed by atoms with E-state index in [4.69, 9.17) is 0 Å². The van der Waals surface area contributed by atoms with Crippen LogP contribution in [-0.4, -0.2) is 20.6 Å². The second kappa shape index (κ2) is 7.46. The van der Waals surface area contributed by atoms with Crippen LogP contribution in [0.3, 0.4) is 0 Å². The van der Waals surface area contributed by atoms with Gasteiger partial charge in [-0.3, -0.25) is 14.9 Å². The maximum absolute atomic E-state index is 13.3. The highest BCUT2D eigenvalue weighted by Gasteiger charge is 2.37. The van der Waals surface area contributed by atoms with Crippen molar-refractivity contribution >= 4 is 11.6 Å². The molecular formula is C21H19FN4O3. The molecule has 0 atom stereocenters. The third kappa shape index (κ3) is 3.73. The van der Waals surface area contributed by atoms with Crippen molar-refractivity contribution in [1.82, 2.24) is 15.1 Å². The fraction of sp³-hybridized carbons (Fsp3) is 0.238. The van der Waals surface area contributed by atoms with E-state index in [1.807, 2.05) is 0 Å². The van der Waals surface area contributed by atoms with Gasteiger partial charge in [-0.25, -0.2) is 9.07 Å². The molecule has 1 heterocycles. The third-order valence-electron chi connectivity index (χ3n) is 5.33. The zero-order chi connectivity index (χ0) is 20.4. The highest BCUT2D eigenvalue weighted by molar-refractivity contribution is 5.92. The molecule has 0 spiro atoms. The number of benzene rings is 2. The number of rotatable bonds is 5. The number of carbonyl (C=O) groups is 1. The molecule has 0 bridgehead atoms. The van der Waals surface area contributed by atoms with Crippen molar-refractivity contribution in [3.8, 4) is 5.69 Å². The first-order valence-electron chi connectivity index (χ1n) is 9.36. The van der Waals surface area contributed by atoms with Crippen LogP contribution in [0, 0.1) is 15.9 Å². The summed E-state index contributed by atoms with van der Waals surface area (Å²) in [6.07, 6.45) is 5.08. The lowest BCUT2D eigenvalue weighted by Crippen LogP contribution is -2.44. The Bertz CT molecular complexity index is 1060. The molecular weight excluding hydrogens is 375 g/mol. The summed E-state index contributed by atoms with van der Waals surface area (Å²) >= 11 is 0. The van der Waals surface area contributed by atoms with Crippen LogP contribution in [0.1, 0.15) is 41.7 Å². The number of halogens is 1. The Kier molecular flexibility index (Phi) is 4.84.